The lowest BCUT2D eigenvalue weighted by molar-refractivity contribution is 0.0508. The number of methoxy groups -OCH3 is 1. The van der Waals surface area contributed by atoms with Crippen molar-refractivity contribution in [3.8, 4) is 5.75 Å². The zero-order chi connectivity index (χ0) is 14.1. The maximum Gasteiger partial charge on any atom is 0.123 e. The molecule has 0 fully saturated rings. The first-order valence-electron chi connectivity index (χ1n) is 6.23. The highest BCUT2D eigenvalue weighted by atomic mass is 16.5. The zero-order valence-corrected chi connectivity index (χ0v) is 12.2. The highest BCUT2D eigenvalue weighted by Gasteiger charge is 2.28. The van der Waals surface area contributed by atoms with Gasteiger partial charge in [0.15, 0.2) is 0 Å². The Morgan fingerprint density at radius 1 is 1.17 bits per heavy atom. The molecule has 0 aliphatic heterocycles. The summed E-state index contributed by atoms with van der Waals surface area (Å²) < 4.78 is 5.34. The van der Waals surface area contributed by atoms with E-state index in [9.17, 15) is 5.11 Å². The second kappa shape index (κ2) is 4.90. The number of nitrogens with two attached hydrogens (primary N) is 1. The van der Waals surface area contributed by atoms with Crippen LogP contribution in [-0.2, 0) is 5.41 Å². The van der Waals surface area contributed by atoms with Crippen LogP contribution in [0.1, 0.15) is 51.8 Å². The monoisotopic (exact) mass is 251 g/mol. The maximum atomic E-state index is 10.1. The van der Waals surface area contributed by atoms with Gasteiger partial charge in [-0.15, -0.1) is 0 Å². The fourth-order valence-corrected chi connectivity index (χ4v) is 1.82. The van der Waals surface area contributed by atoms with Gasteiger partial charge in [0.05, 0.1) is 18.8 Å². The van der Waals surface area contributed by atoms with Gasteiger partial charge in [0.25, 0.3) is 0 Å². The van der Waals surface area contributed by atoms with E-state index in [-0.39, 0.29) is 5.41 Å². The van der Waals surface area contributed by atoms with E-state index in [1.54, 1.807) is 21.0 Å². The summed E-state index contributed by atoms with van der Waals surface area (Å²) in [4.78, 5) is 0. The number of rotatable bonds is 3. The van der Waals surface area contributed by atoms with Gasteiger partial charge in [-0.05, 0) is 37.0 Å². The van der Waals surface area contributed by atoms with E-state index in [0.29, 0.717) is 0 Å². The molecule has 0 heterocycles. The van der Waals surface area contributed by atoms with Crippen molar-refractivity contribution in [2.75, 3.05) is 7.11 Å². The van der Waals surface area contributed by atoms with Crippen LogP contribution in [0.5, 0.6) is 5.75 Å². The lowest BCUT2D eigenvalue weighted by Gasteiger charge is -2.29. The van der Waals surface area contributed by atoms with Crippen molar-refractivity contribution in [2.45, 2.75) is 51.7 Å². The average Bonchev–Trinajstić information content (AvgIpc) is 2.24. The van der Waals surface area contributed by atoms with E-state index in [0.717, 1.165) is 11.3 Å². The SMILES string of the molecule is COc1ccc(C(C)(C)C)cc1C(N)C(C)(C)O. The molecule has 0 saturated carbocycles. The van der Waals surface area contributed by atoms with E-state index in [2.05, 4.69) is 20.8 Å². The molecule has 0 bridgehead atoms. The fraction of sp³-hybridized carbons (Fsp3) is 0.600. The van der Waals surface area contributed by atoms with Crippen LogP contribution in [0.25, 0.3) is 0 Å². The number of benzene rings is 1. The molecule has 102 valence electrons. The van der Waals surface area contributed by atoms with Crippen LogP contribution in [0.2, 0.25) is 0 Å². The molecule has 0 amide bonds. The molecule has 3 heteroatoms. The third kappa shape index (κ3) is 3.24. The topological polar surface area (TPSA) is 55.5 Å². The molecule has 1 aromatic rings. The molecule has 0 saturated heterocycles. The van der Waals surface area contributed by atoms with Crippen LogP contribution in [0.15, 0.2) is 18.2 Å². The summed E-state index contributed by atoms with van der Waals surface area (Å²) in [5, 5.41) is 10.1. The predicted molar refractivity (Wildman–Crippen MR) is 74.9 cm³/mol. The Kier molecular flexibility index (Phi) is 4.08. The van der Waals surface area contributed by atoms with Gasteiger partial charge in [0, 0.05) is 5.56 Å². The van der Waals surface area contributed by atoms with Gasteiger partial charge in [-0.25, -0.2) is 0 Å². The second-order valence-electron chi connectivity index (χ2n) is 6.34. The van der Waals surface area contributed by atoms with E-state index in [1.165, 1.54) is 5.56 Å². The Morgan fingerprint density at radius 3 is 2.11 bits per heavy atom. The summed E-state index contributed by atoms with van der Waals surface area (Å²) in [7, 11) is 1.62. The minimum absolute atomic E-state index is 0.0420. The first kappa shape index (κ1) is 15.0. The van der Waals surface area contributed by atoms with E-state index < -0.39 is 11.6 Å². The molecule has 1 atom stereocenters. The first-order valence-corrected chi connectivity index (χ1v) is 6.23. The first-order chi connectivity index (χ1) is 8.07. The highest BCUT2D eigenvalue weighted by molar-refractivity contribution is 5.42. The number of hydrogen-bond acceptors (Lipinski definition) is 3. The van der Waals surface area contributed by atoms with E-state index in [4.69, 9.17) is 10.5 Å². The Balaban J connectivity index is 3.31. The Morgan fingerprint density at radius 2 is 1.72 bits per heavy atom. The van der Waals surface area contributed by atoms with Crippen LogP contribution in [0.4, 0.5) is 0 Å². The Bertz CT molecular complexity index is 413. The molecule has 0 aliphatic carbocycles. The molecule has 1 rings (SSSR count). The maximum absolute atomic E-state index is 10.1. The molecule has 18 heavy (non-hydrogen) atoms. The molecule has 0 radical (unpaired) electrons. The van der Waals surface area contributed by atoms with Crippen molar-refractivity contribution >= 4 is 0 Å². The summed E-state index contributed by atoms with van der Waals surface area (Å²) in [6.45, 7) is 9.86. The largest absolute Gasteiger partial charge is 0.496 e. The van der Waals surface area contributed by atoms with Crippen molar-refractivity contribution in [1.29, 1.82) is 0 Å². The van der Waals surface area contributed by atoms with E-state index in [1.807, 2.05) is 18.2 Å². The fourth-order valence-electron chi connectivity index (χ4n) is 1.82. The number of aliphatic hydroxyl groups is 1. The smallest absolute Gasteiger partial charge is 0.123 e. The van der Waals surface area contributed by atoms with Crippen molar-refractivity contribution in [3.63, 3.8) is 0 Å². The zero-order valence-electron chi connectivity index (χ0n) is 12.2. The van der Waals surface area contributed by atoms with Crippen molar-refractivity contribution in [3.05, 3.63) is 29.3 Å². The minimum atomic E-state index is -0.982. The quantitative estimate of drug-likeness (QED) is 0.868. The van der Waals surface area contributed by atoms with Gasteiger partial charge in [-0.1, -0.05) is 26.8 Å². The van der Waals surface area contributed by atoms with Crippen LogP contribution < -0.4 is 10.5 Å². The Labute approximate surface area is 110 Å². The third-order valence-corrected chi connectivity index (χ3v) is 3.19. The summed E-state index contributed by atoms with van der Waals surface area (Å²) >= 11 is 0. The molecule has 0 aromatic heterocycles. The average molecular weight is 251 g/mol. The predicted octanol–water partition coefficient (Wildman–Crippen LogP) is 2.76. The summed E-state index contributed by atoms with van der Waals surface area (Å²) in [5.74, 6) is 0.720. The molecule has 0 aliphatic rings. The van der Waals surface area contributed by atoms with Crippen LogP contribution >= 0.6 is 0 Å². The lowest BCUT2D eigenvalue weighted by Crippen LogP contribution is -2.35. The normalized spacial score (nSPS) is 14.4. The molecule has 1 unspecified atom stereocenters. The molecule has 0 spiro atoms. The molecule has 3 N–H and O–H groups in total. The van der Waals surface area contributed by atoms with Gasteiger partial charge >= 0.3 is 0 Å². The van der Waals surface area contributed by atoms with Crippen LogP contribution in [-0.4, -0.2) is 17.8 Å². The molecular weight excluding hydrogens is 226 g/mol. The molecule has 1 aromatic carbocycles. The van der Waals surface area contributed by atoms with Crippen molar-refractivity contribution in [1.82, 2.24) is 0 Å². The standard InChI is InChI=1S/C15H25NO2/c1-14(2,3)10-7-8-12(18-6)11(9-10)13(16)15(4,5)17/h7-9,13,17H,16H2,1-6H3. The lowest BCUT2D eigenvalue weighted by atomic mass is 9.83. The third-order valence-electron chi connectivity index (χ3n) is 3.19. The van der Waals surface area contributed by atoms with Crippen molar-refractivity contribution in [2.24, 2.45) is 5.73 Å². The molecule has 3 nitrogen and oxygen atoms in total. The number of hydrogen-bond donors (Lipinski definition) is 2. The summed E-state index contributed by atoms with van der Waals surface area (Å²) in [6, 6.07) is 5.51. The van der Waals surface area contributed by atoms with Gasteiger partial charge < -0.3 is 15.6 Å². The van der Waals surface area contributed by atoms with Gasteiger partial charge in [0.1, 0.15) is 5.75 Å². The van der Waals surface area contributed by atoms with E-state index >= 15 is 0 Å². The second-order valence-corrected chi connectivity index (χ2v) is 6.34. The Hall–Kier alpha value is -1.06. The minimum Gasteiger partial charge on any atom is -0.496 e. The summed E-state index contributed by atoms with van der Waals surface area (Å²) in [5.41, 5.74) is 7.21. The van der Waals surface area contributed by atoms with Crippen molar-refractivity contribution < 1.29 is 9.84 Å². The van der Waals surface area contributed by atoms with Crippen LogP contribution in [0.3, 0.4) is 0 Å². The van der Waals surface area contributed by atoms with Gasteiger partial charge in [-0.3, -0.25) is 0 Å². The van der Waals surface area contributed by atoms with Crippen LogP contribution in [0, 0.1) is 0 Å². The number of ether oxygens (including phenoxy) is 1. The van der Waals surface area contributed by atoms with Gasteiger partial charge in [0.2, 0.25) is 0 Å². The van der Waals surface area contributed by atoms with Gasteiger partial charge in [-0.2, -0.15) is 0 Å². The highest BCUT2D eigenvalue weighted by Crippen LogP contribution is 2.34. The molecular formula is C15H25NO2. The summed E-state index contributed by atoms with van der Waals surface area (Å²) in [6.07, 6.45) is 0.